The predicted octanol–water partition coefficient (Wildman–Crippen LogP) is 0.653. The van der Waals surface area contributed by atoms with Crippen molar-refractivity contribution in [2.45, 2.75) is 26.3 Å². The molecule has 0 aromatic carbocycles. The molecule has 6 nitrogen and oxygen atoms in total. The molecule has 1 unspecified atom stereocenters. The number of pyridine rings is 1. The molecule has 2 N–H and O–H groups in total. The first-order valence-corrected chi connectivity index (χ1v) is 7.59. The number of nitrogens with one attached hydrogen (secondary N) is 1. The van der Waals surface area contributed by atoms with Crippen molar-refractivity contribution < 1.29 is 18.3 Å². The van der Waals surface area contributed by atoms with Crippen LogP contribution in [0, 0.1) is 5.92 Å². The minimum atomic E-state index is -3.62. The van der Waals surface area contributed by atoms with Crippen LogP contribution in [0.25, 0.3) is 0 Å². The Morgan fingerprint density at radius 3 is 2.42 bits per heavy atom. The molecule has 0 saturated carbocycles. The standard InChI is InChI=1S/C12H18N2O4S/c1-9(2)11(12(15)16)14-19(17,18)8-5-10-3-6-13-7-4-10/h3-4,6-7,9,11,14H,5,8H2,1-2H3,(H,15,16). The van der Waals surface area contributed by atoms with Crippen molar-refractivity contribution in [2.24, 2.45) is 5.92 Å². The van der Waals surface area contributed by atoms with Gasteiger partial charge in [-0.1, -0.05) is 13.8 Å². The molecule has 1 heterocycles. The highest BCUT2D eigenvalue weighted by atomic mass is 32.2. The fraction of sp³-hybridized carbons (Fsp3) is 0.500. The third kappa shape index (κ3) is 5.35. The summed E-state index contributed by atoms with van der Waals surface area (Å²) in [5, 5.41) is 8.96. The van der Waals surface area contributed by atoms with Gasteiger partial charge in [-0.05, 0) is 30.0 Å². The van der Waals surface area contributed by atoms with Gasteiger partial charge in [0, 0.05) is 12.4 Å². The largest absolute Gasteiger partial charge is 0.480 e. The highest BCUT2D eigenvalue weighted by molar-refractivity contribution is 7.89. The molecule has 1 rings (SSSR count). The van der Waals surface area contributed by atoms with Crippen LogP contribution in [0.5, 0.6) is 0 Å². The van der Waals surface area contributed by atoms with E-state index in [1.807, 2.05) is 0 Å². The zero-order valence-electron chi connectivity index (χ0n) is 10.9. The van der Waals surface area contributed by atoms with Gasteiger partial charge in [0.25, 0.3) is 0 Å². The van der Waals surface area contributed by atoms with Gasteiger partial charge >= 0.3 is 5.97 Å². The number of carboxylic acids is 1. The molecule has 0 aliphatic rings. The quantitative estimate of drug-likeness (QED) is 0.767. The lowest BCUT2D eigenvalue weighted by atomic mass is 10.1. The molecular weight excluding hydrogens is 268 g/mol. The van der Waals surface area contributed by atoms with Crippen LogP contribution < -0.4 is 4.72 Å². The number of carboxylic acid groups (broad SMARTS) is 1. The van der Waals surface area contributed by atoms with Crippen LogP contribution in [0.3, 0.4) is 0 Å². The predicted molar refractivity (Wildman–Crippen MR) is 71.1 cm³/mol. The van der Waals surface area contributed by atoms with Crippen LogP contribution in [0.1, 0.15) is 19.4 Å². The molecule has 1 atom stereocenters. The second-order valence-electron chi connectivity index (χ2n) is 4.60. The molecule has 19 heavy (non-hydrogen) atoms. The number of hydrogen-bond acceptors (Lipinski definition) is 4. The monoisotopic (exact) mass is 286 g/mol. The maximum absolute atomic E-state index is 11.8. The molecule has 106 valence electrons. The lowest BCUT2D eigenvalue weighted by Crippen LogP contribution is -2.45. The summed E-state index contributed by atoms with van der Waals surface area (Å²) in [5.74, 6) is -1.62. The summed E-state index contributed by atoms with van der Waals surface area (Å²) in [7, 11) is -3.62. The van der Waals surface area contributed by atoms with Gasteiger partial charge in [-0.3, -0.25) is 9.78 Å². The first-order chi connectivity index (χ1) is 8.82. The zero-order chi connectivity index (χ0) is 14.5. The third-order valence-corrected chi connectivity index (χ3v) is 4.00. The average molecular weight is 286 g/mol. The second kappa shape index (κ2) is 6.63. The van der Waals surface area contributed by atoms with E-state index in [1.165, 1.54) is 0 Å². The number of aliphatic carboxylic acids is 1. The fourth-order valence-corrected chi connectivity index (χ4v) is 2.91. The van der Waals surface area contributed by atoms with Crippen molar-refractivity contribution in [3.63, 3.8) is 0 Å². The number of sulfonamides is 1. The van der Waals surface area contributed by atoms with Gasteiger partial charge < -0.3 is 5.11 Å². The smallest absolute Gasteiger partial charge is 0.321 e. The van der Waals surface area contributed by atoms with E-state index >= 15 is 0 Å². The lowest BCUT2D eigenvalue weighted by molar-refractivity contribution is -0.140. The van der Waals surface area contributed by atoms with E-state index in [9.17, 15) is 13.2 Å². The SMILES string of the molecule is CC(C)C(NS(=O)(=O)CCc1ccncc1)C(=O)O. The van der Waals surface area contributed by atoms with Crippen LogP contribution >= 0.6 is 0 Å². The Labute approximate surface area is 112 Å². The van der Waals surface area contributed by atoms with Crippen molar-refractivity contribution in [1.82, 2.24) is 9.71 Å². The van der Waals surface area contributed by atoms with Gasteiger partial charge in [-0.25, -0.2) is 13.1 Å². The summed E-state index contributed by atoms with van der Waals surface area (Å²) in [6.45, 7) is 3.31. The lowest BCUT2D eigenvalue weighted by Gasteiger charge is -2.17. The van der Waals surface area contributed by atoms with Gasteiger partial charge in [0.05, 0.1) is 5.75 Å². The van der Waals surface area contributed by atoms with Gasteiger partial charge in [-0.15, -0.1) is 0 Å². The van der Waals surface area contributed by atoms with E-state index in [-0.39, 0.29) is 11.7 Å². The number of aromatic nitrogens is 1. The Kier molecular flexibility index (Phi) is 5.44. The Hall–Kier alpha value is -1.47. The van der Waals surface area contributed by atoms with E-state index in [2.05, 4.69) is 9.71 Å². The van der Waals surface area contributed by atoms with Gasteiger partial charge in [0.2, 0.25) is 10.0 Å². The first-order valence-electron chi connectivity index (χ1n) is 5.93. The van der Waals surface area contributed by atoms with E-state index in [0.29, 0.717) is 6.42 Å². The van der Waals surface area contributed by atoms with Gasteiger partial charge in [0.15, 0.2) is 0 Å². The Bertz CT molecular complexity index is 514. The van der Waals surface area contributed by atoms with Gasteiger partial charge in [0.1, 0.15) is 6.04 Å². The van der Waals surface area contributed by atoms with Crippen LogP contribution in [0.2, 0.25) is 0 Å². The number of rotatable bonds is 7. The van der Waals surface area contributed by atoms with Crippen LogP contribution in [-0.4, -0.2) is 36.3 Å². The average Bonchev–Trinajstić information content (AvgIpc) is 2.34. The highest BCUT2D eigenvalue weighted by Gasteiger charge is 2.26. The van der Waals surface area contributed by atoms with Crippen LogP contribution in [0.4, 0.5) is 0 Å². The van der Waals surface area contributed by atoms with Crippen LogP contribution in [0.15, 0.2) is 24.5 Å². The maximum atomic E-state index is 11.8. The molecule has 0 aliphatic heterocycles. The summed E-state index contributed by atoms with van der Waals surface area (Å²) < 4.78 is 25.9. The fourth-order valence-electron chi connectivity index (χ4n) is 1.53. The molecule has 1 aromatic rings. The number of aryl methyl sites for hydroxylation is 1. The summed E-state index contributed by atoms with van der Waals surface area (Å²) in [5.41, 5.74) is 0.844. The molecule has 7 heteroatoms. The van der Waals surface area contributed by atoms with Crippen molar-refractivity contribution >= 4 is 16.0 Å². The Balaban J connectivity index is 2.64. The normalized spacial score (nSPS) is 13.4. The number of hydrogen-bond donors (Lipinski definition) is 2. The van der Waals surface area contributed by atoms with E-state index < -0.39 is 22.0 Å². The number of carbonyl (C=O) groups is 1. The number of nitrogens with zero attached hydrogens (tertiary/aromatic N) is 1. The second-order valence-corrected chi connectivity index (χ2v) is 6.48. The van der Waals surface area contributed by atoms with E-state index in [0.717, 1.165) is 5.56 Å². The van der Waals surface area contributed by atoms with Crippen molar-refractivity contribution in [1.29, 1.82) is 0 Å². The maximum Gasteiger partial charge on any atom is 0.321 e. The molecule has 0 aliphatic carbocycles. The van der Waals surface area contributed by atoms with Crippen molar-refractivity contribution in [2.75, 3.05) is 5.75 Å². The highest BCUT2D eigenvalue weighted by Crippen LogP contribution is 2.06. The van der Waals surface area contributed by atoms with Gasteiger partial charge in [-0.2, -0.15) is 0 Å². The molecule has 1 aromatic heterocycles. The van der Waals surface area contributed by atoms with E-state index in [4.69, 9.17) is 5.11 Å². The summed E-state index contributed by atoms with van der Waals surface area (Å²) in [6, 6.07) is 2.36. The third-order valence-electron chi connectivity index (χ3n) is 2.65. The summed E-state index contributed by atoms with van der Waals surface area (Å²) in [4.78, 5) is 14.8. The molecular formula is C12H18N2O4S. The minimum Gasteiger partial charge on any atom is -0.480 e. The summed E-state index contributed by atoms with van der Waals surface area (Å²) in [6.07, 6.45) is 3.50. The Morgan fingerprint density at radius 2 is 1.95 bits per heavy atom. The Morgan fingerprint density at radius 1 is 1.37 bits per heavy atom. The molecule has 0 bridgehead atoms. The minimum absolute atomic E-state index is 0.145. The molecule has 0 radical (unpaired) electrons. The van der Waals surface area contributed by atoms with Crippen LogP contribution in [-0.2, 0) is 21.2 Å². The molecule has 0 amide bonds. The summed E-state index contributed by atoms with van der Waals surface area (Å²) >= 11 is 0. The first kappa shape index (κ1) is 15.6. The molecule has 0 spiro atoms. The van der Waals surface area contributed by atoms with Crippen molar-refractivity contribution in [3.05, 3.63) is 30.1 Å². The van der Waals surface area contributed by atoms with E-state index in [1.54, 1.807) is 38.4 Å². The zero-order valence-corrected chi connectivity index (χ0v) is 11.7. The topological polar surface area (TPSA) is 96.4 Å². The molecule has 0 saturated heterocycles. The van der Waals surface area contributed by atoms with Crippen molar-refractivity contribution in [3.8, 4) is 0 Å². The molecule has 0 fully saturated rings.